The molecule has 0 aromatic heterocycles. The van der Waals surface area contributed by atoms with Gasteiger partial charge in [-0.2, -0.15) is 0 Å². The Morgan fingerprint density at radius 3 is 2.26 bits per heavy atom. The lowest BCUT2D eigenvalue weighted by atomic mass is 10.0. The van der Waals surface area contributed by atoms with Gasteiger partial charge >= 0.3 is 0 Å². The molecule has 2 amide bonds. The fraction of sp³-hybridized carbons (Fsp3) is 0.565. The molecule has 2 aliphatic heterocycles. The Bertz CT molecular complexity index is 798. The highest BCUT2D eigenvalue weighted by Crippen LogP contribution is 2.33. The third-order valence-electron chi connectivity index (χ3n) is 5.47. The Morgan fingerprint density at radius 2 is 1.68 bits per heavy atom. The van der Waals surface area contributed by atoms with Gasteiger partial charge in [-0.3, -0.25) is 19.4 Å². The van der Waals surface area contributed by atoms with Crippen molar-refractivity contribution >= 4 is 17.4 Å². The summed E-state index contributed by atoms with van der Waals surface area (Å²) in [7, 11) is 0. The second-order valence-electron chi connectivity index (χ2n) is 7.91. The lowest BCUT2D eigenvalue weighted by molar-refractivity contribution is -0.138. The third kappa shape index (κ3) is 5.44. The topological polar surface area (TPSA) is 82.6 Å². The molecule has 0 bridgehead atoms. The van der Waals surface area contributed by atoms with Crippen molar-refractivity contribution in [2.45, 2.75) is 26.9 Å². The van der Waals surface area contributed by atoms with E-state index >= 15 is 0 Å². The standard InChI is InChI=1S/C23H33N3O5/c1-4-30-19-7-5-18(6-8-19)20-21(25-11-9-24(10-12-25)13-15-27)23(29)26(22(20)28)14-16-31-17(2)3/h5-8,17,27H,4,9-16H2,1-3H3. The van der Waals surface area contributed by atoms with E-state index in [1.54, 1.807) is 0 Å². The van der Waals surface area contributed by atoms with Crippen LogP contribution in [0.1, 0.15) is 26.3 Å². The van der Waals surface area contributed by atoms with Gasteiger partial charge in [0.1, 0.15) is 11.4 Å². The largest absolute Gasteiger partial charge is 0.494 e. The van der Waals surface area contributed by atoms with Crippen LogP contribution in [0, 0.1) is 0 Å². The van der Waals surface area contributed by atoms with E-state index in [0.29, 0.717) is 49.7 Å². The highest BCUT2D eigenvalue weighted by Gasteiger charge is 2.41. The number of rotatable bonds is 10. The van der Waals surface area contributed by atoms with Gasteiger partial charge in [-0.1, -0.05) is 12.1 Å². The number of imide groups is 1. The van der Waals surface area contributed by atoms with Crippen molar-refractivity contribution in [1.82, 2.24) is 14.7 Å². The zero-order chi connectivity index (χ0) is 22.4. The lowest BCUT2D eigenvalue weighted by Gasteiger charge is -2.36. The first kappa shape index (κ1) is 23.2. The fourth-order valence-electron chi connectivity index (χ4n) is 3.92. The molecule has 0 spiro atoms. The SMILES string of the molecule is CCOc1ccc(C2=C(N3CCN(CCO)CC3)C(=O)N(CCOC(C)C)C2=O)cc1. The van der Waals surface area contributed by atoms with Crippen LogP contribution < -0.4 is 4.74 Å². The minimum Gasteiger partial charge on any atom is -0.494 e. The molecule has 0 aliphatic carbocycles. The van der Waals surface area contributed by atoms with Crippen LogP contribution >= 0.6 is 0 Å². The van der Waals surface area contributed by atoms with Gasteiger partial charge in [-0.05, 0) is 38.5 Å². The first-order valence-electron chi connectivity index (χ1n) is 11.0. The van der Waals surface area contributed by atoms with Crippen molar-refractivity contribution in [2.75, 3.05) is 59.1 Å². The Morgan fingerprint density at radius 1 is 1.00 bits per heavy atom. The molecule has 8 heteroatoms. The molecule has 1 N–H and O–H groups in total. The molecule has 2 heterocycles. The number of aliphatic hydroxyl groups is 1. The van der Waals surface area contributed by atoms with E-state index in [0.717, 1.165) is 18.8 Å². The van der Waals surface area contributed by atoms with Gasteiger partial charge in [0.25, 0.3) is 11.8 Å². The van der Waals surface area contributed by atoms with Crippen LogP contribution in [0.25, 0.3) is 5.57 Å². The van der Waals surface area contributed by atoms with E-state index in [1.807, 2.05) is 49.9 Å². The smallest absolute Gasteiger partial charge is 0.277 e. The molecule has 170 valence electrons. The van der Waals surface area contributed by atoms with E-state index in [2.05, 4.69) is 4.90 Å². The first-order chi connectivity index (χ1) is 15.0. The van der Waals surface area contributed by atoms with E-state index in [1.165, 1.54) is 4.90 Å². The van der Waals surface area contributed by atoms with Crippen molar-refractivity contribution in [1.29, 1.82) is 0 Å². The van der Waals surface area contributed by atoms with E-state index in [4.69, 9.17) is 9.47 Å². The summed E-state index contributed by atoms with van der Waals surface area (Å²) in [6.07, 6.45) is 0.0328. The number of hydrogen-bond donors (Lipinski definition) is 1. The molecule has 0 unspecified atom stereocenters. The van der Waals surface area contributed by atoms with Gasteiger partial charge in [0.15, 0.2) is 0 Å². The summed E-state index contributed by atoms with van der Waals surface area (Å²) in [5.41, 5.74) is 1.61. The number of carbonyl (C=O) groups is 2. The number of aliphatic hydroxyl groups excluding tert-OH is 1. The normalized spacial score (nSPS) is 18.0. The van der Waals surface area contributed by atoms with Crippen molar-refractivity contribution in [3.8, 4) is 5.75 Å². The van der Waals surface area contributed by atoms with Gasteiger partial charge in [-0.15, -0.1) is 0 Å². The lowest BCUT2D eigenvalue weighted by Crippen LogP contribution is -2.48. The number of β-amino-alcohol motifs (C(OH)–C–C–N with tert-alkyl or cyclic N) is 1. The second kappa shape index (κ2) is 10.7. The second-order valence-corrected chi connectivity index (χ2v) is 7.91. The van der Waals surface area contributed by atoms with Crippen LogP contribution in [0.3, 0.4) is 0 Å². The molecule has 3 rings (SSSR count). The Kier molecular flexibility index (Phi) is 8.06. The molecule has 31 heavy (non-hydrogen) atoms. The van der Waals surface area contributed by atoms with Gasteiger partial charge in [0.2, 0.25) is 0 Å². The zero-order valence-corrected chi connectivity index (χ0v) is 18.7. The van der Waals surface area contributed by atoms with Crippen LogP contribution in [0.4, 0.5) is 0 Å². The summed E-state index contributed by atoms with van der Waals surface area (Å²) < 4.78 is 11.1. The molecule has 0 saturated carbocycles. The van der Waals surface area contributed by atoms with Crippen molar-refractivity contribution in [2.24, 2.45) is 0 Å². The molecule has 1 saturated heterocycles. The molecule has 0 radical (unpaired) electrons. The summed E-state index contributed by atoms with van der Waals surface area (Å²) in [5.74, 6) is 0.177. The Balaban J connectivity index is 1.87. The monoisotopic (exact) mass is 431 g/mol. The molecular formula is C23H33N3O5. The molecule has 2 aliphatic rings. The van der Waals surface area contributed by atoms with Crippen LogP contribution in [0.2, 0.25) is 0 Å². The van der Waals surface area contributed by atoms with E-state index in [9.17, 15) is 14.7 Å². The zero-order valence-electron chi connectivity index (χ0n) is 18.7. The number of carbonyl (C=O) groups excluding carboxylic acids is 2. The first-order valence-corrected chi connectivity index (χ1v) is 11.0. The average molecular weight is 432 g/mol. The van der Waals surface area contributed by atoms with Crippen molar-refractivity contribution in [3.05, 3.63) is 35.5 Å². The molecule has 8 nitrogen and oxygen atoms in total. The van der Waals surface area contributed by atoms with Crippen molar-refractivity contribution in [3.63, 3.8) is 0 Å². The minimum atomic E-state index is -0.283. The Hall–Kier alpha value is -2.42. The molecular weight excluding hydrogens is 398 g/mol. The summed E-state index contributed by atoms with van der Waals surface area (Å²) >= 11 is 0. The molecule has 1 aromatic rings. The number of benzene rings is 1. The maximum atomic E-state index is 13.3. The van der Waals surface area contributed by atoms with Crippen LogP contribution in [0.5, 0.6) is 5.75 Å². The third-order valence-corrected chi connectivity index (χ3v) is 5.47. The minimum absolute atomic E-state index is 0.0328. The van der Waals surface area contributed by atoms with Crippen LogP contribution in [-0.2, 0) is 14.3 Å². The van der Waals surface area contributed by atoms with E-state index < -0.39 is 0 Å². The van der Waals surface area contributed by atoms with Gasteiger partial charge < -0.3 is 19.5 Å². The number of hydrogen-bond acceptors (Lipinski definition) is 7. The van der Waals surface area contributed by atoms with Crippen molar-refractivity contribution < 1.29 is 24.2 Å². The molecule has 1 fully saturated rings. The van der Waals surface area contributed by atoms with Crippen LogP contribution in [-0.4, -0.2) is 96.8 Å². The summed E-state index contributed by atoms with van der Waals surface area (Å²) in [6.45, 7) is 10.3. The highest BCUT2D eigenvalue weighted by molar-refractivity contribution is 6.35. The maximum Gasteiger partial charge on any atom is 0.277 e. The fourth-order valence-corrected chi connectivity index (χ4v) is 3.92. The molecule has 1 aromatic carbocycles. The maximum absolute atomic E-state index is 13.3. The summed E-state index contributed by atoms with van der Waals surface area (Å²) in [5, 5.41) is 9.19. The summed E-state index contributed by atoms with van der Waals surface area (Å²) in [6, 6.07) is 7.32. The highest BCUT2D eigenvalue weighted by atomic mass is 16.5. The number of amides is 2. The summed E-state index contributed by atoms with van der Waals surface area (Å²) in [4.78, 5) is 32.1. The average Bonchev–Trinajstić information content (AvgIpc) is 3.00. The Labute approximate surface area is 184 Å². The predicted molar refractivity (Wildman–Crippen MR) is 117 cm³/mol. The number of piperazine rings is 1. The van der Waals surface area contributed by atoms with E-state index in [-0.39, 0.29) is 31.1 Å². The molecule has 0 atom stereocenters. The van der Waals surface area contributed by atoms with Crippen LogP contribution in [0.15, 0.2) is 30.0 Å². The quantitative estimate of drug-likeness (QED) is 0.558. The van der Waals surface area contributed by atoms with Gasteiger partial charge in [0.05, 0.1) is 38.0 Å². The number of ether oxygens (including phenoxy) is 2. The number of nitrogens with zero attached hydrogens (tertiary/aromatic N) is 3. The van der Waals surface area contributed by atoms with Gasteiger partial charge in [-0.25, -0.2) is 0 Å². The predicted octanol–water partition coefficient (Wildman–Crippen LogP) is 1.20. The van der Waals surface area contributed by atoms with Gasteiger partial charge in [0, 0.05) is 32.7 Å².